The monoisotopic (exact) mass is 354 g/mol. The Kier molecular flexibility index (Phi) is 6.49. The summed E-state index contributed by atoms with van der Waals surface area (Å²) in [6.07, 6.45) is 1.03. The lowest BCUT2D eigenvalue weighted by atomic mass is 10.0. The minimum absolute atomic E-state index is 0.104. The van der Waals surface area contributed by atoms with Crippen molar-refractivity contribution in [2.75, 3.05) is 11.9 Å². The Morgan fingerprint density at radius 3 is 2.31 bits per heavy atom. The summed E-state index contributed by atoms with van der Waals surface area (Å²) in [5.41, 5.74) is 4.44. The van der Waals surface area contributed by atoms with E-state index >= 15 is 0 Å². The molecule has 0 unspecified atom stereocenters. The minimum atomic E-state index is -1.11. The number of anilines is 1. The van der Waals surface area contributed by atoms with Gasteiger partial charge in [0.1, 0.15) is 6.54 Å². The van der Waals surface area contributed by atoms with Crippen molar-refractivity contribution < 1.29 is 19.5 Å². The van der Waals surface area contributed by atoms with Crippen molar-refractivity contribution in [3.63, 3.8) is 0 Å². The van der Waals surface area contributed by atoms with E-state index in [9.17, 15) is 14.4 Å². The van der Waals surface area contributed by atoms with Crippen LogP contribution in [-0.4, -0.2) is 29.4 Å². The van der Waals surface area contributed by atoms with E-state index in [2.05, 4.69) is 16.7 Å². The van der Waals surface area contributed by atoms with Gasteiger partial charge in [-0.25, -0.2) is 0 Å². The molecule has 0 aromatic heterocycles. The van der Waals surface area contributed by atoms with Gasteiger partial charge in [-0.15, -0.1) is 0 Å². The molecule has 3 N–H and O–H groups in total. The Hall–Kier alpha value is -3.15. The van der Waals surface area contributed by atoms with Gasteiger partial charge in [-0.1, -0.05) is 23.8 Å². The van der Waals surface area contributed by atoms with Crippen molar-refractivity contribution in [3.8, 4) is 0 Å². The average Bonchev–Trinajstić information content (AvgIpc) is 2.59. The van der Waals surface area contributed by atoms with Gasteiger partial charge < -0.3 is 15.7 Å². The molecule has 0 radical (unpaired) electrons. The molecule has 0 aliphatic heterocycles. The molecule has 6 nitrogen and oxygen atoms in total. The number of rotatable bonds is 7. The fourth-order valence-corrected chi connectivity index (χ4v) is 2.56. The van der Waals surface area contributed by atoms with Crippen LogP contribution >= 0.6 is 0 Å². The van der Waals surface area contributed by atoms with E-state index < -0.39 is 18.4 Å². The molecule has 0 spiro atoms. The standard InChI is InChI=1S/C20H22N2O4/c1-13-3-4-15(14(2)11-13)7-10-18(23)22-17-8-5-16(6-9-17)20(26)21-12-19(24)25/h3-6,8-9,11H,7,10,12H2,1-2H3,(H,21,26)(H,22,23)(H,24,25). The fraction of sp³-hybridized carbons (Fsp3) is 0.250. The summed E-state index contributed by atoms with van der Waals surface area (Å²) in [6, 6.07) is 12.5. The number of hydrogen-bond donors (Lipinski definition) is 3. The number of carbonyl (C=O) groups excluding carboxylic acids is 2. The second-order valence-corrected chi connectivity index (χ2v) is 6.13. The Morgan fingerprint density at radius 2 is 1.69 bits per heavy atom. The van der Waals surface area contributed by atoms with Gasteiger partial charge in [0.2, 0.25) is 5.91 Å². The normalized spacial score (nSPS) is 10.2. The molecule has 2 aromatic carbocycles. The van der Waals surface area contributed by atoms with Crippen molar-refractivity contribution in [1.82, 2.24) is 5.32 Å². The Morgan fingerprint density at radius 1 is 1.00 bits per heavy atom. The van der Waals surface area contributed by atoms with E-state index in [4.69, 9.17) is 5.11 Å². The highest BCUT2D eigenvalue weighted by Gasteiger charge is 2.08. The van der Waals surface area contributed by atoms with Crippen LogP contribution in [0.25, 0.3) is 0 Å². The number of nitrogens with one attached hydrogen (secondary N) is 2. The zero-order valence-electron chi connectivity index (χ0n) is 14.8. The summed E-state index contributed by atoms with van der Waals surface area (Å²) in [7, 11) is 0. The highest BCUT2D eigenvalue weighted by Crippen LogP contribution is 2.14. The first-order chi connectivity index (χ1) is 12.3. The third-order valence-electron chi connectivity index (χ3n) is 3.95. The third kappa shape index (κ3) is 5.73. The lowest BCUT2D eigenvalue weighted by molar-refractivity contribution is -0.135. The molecular weight excluding hydrogens is 332 g/mol. The fourth-order valence-electron chi connectivity index (χ4n) is 2.56. The molecule has 2 aromatic rings. The van der Waals surface area contributed by atoms with Crippen molar-refractivity contribution >= 4 is 23.5 Å². The third-order valence-corrected chi connectivity index (χ3v) is 3.95. The lowest BCUT2D eigenvalue weighted by Crippen LogP contribution is -2.29. The summed E-state index contributed by atoms with van der Waals surface area (Å²) in [4.78, 5) is 34.3. The highest BCUT2D eigenvalue weighted by atomic mass is 16.4. The van der Waals surface area contributed by atoms with Gasteiger partial charge in [0.05, 0.1) is 0 Å². The van der Waals surface area contributed by atoms with Crippen LogP contribution in [0.3, 0.4) is 0 Å². The molecule has 0 fully saturated rings. The van der Waals surface area contributed by atoms with Crippen molar-refractivity contribution in [2.45, 2.75) is 26.7 Å². The predicted molar refractivity (Wildman–Crippen MR) is 99.3 cm³/mol. The van der Waals surface area contributed by atoms with Crippen LogP contribution < -0.4 is 10.6 Å². The number of carboxylic acids is 1. The molecule has 6 heteroatoms. The summed E-state index contributed by atoms with van der Waals surface area (Å²) < 4.78 is 0. The van der Waals surface area contributed by atoms with E-state index in [0.717, 1.165) is 5.56 Å². The number of aliphatic carboxylic acids is 1. The maximum absolute atomic E-state index is 12.1. The molecule has 26 heavy (non-hydrogen) atoms. The van der Waals surface area contributed by atoms with Crippen molar-refractivity contribution in [2.24, 2.45) is 0 Å². The highest BCUT2D eigenvalue weighted by molar-refractivity contribution is 5.97. The first kappa shape index (κ1) is 19.2. The number of amides is 2. The summed E-state index contributed by atoms with van der Waals surface area (Å²) in [5, 5.41) is 13.6. The van der Waals surface area contributed by atoms with Crippen LogP contribution in [0.5, 0.6) is 0 Å². The number of aryl methyl sites for hydroxylation is 3. The molecular formula is C20H22N2O4. The maximum atomic E-state index is 12.1. The molecule has 2 rings (SSSR count). The van der Waals surface area contributed by atoms with Crippen LogP contribution in [0.2, 0.25) is 0 Å². The lowest BCUT2D eigenvalue weighted by Gasteiger charge is -2.09. The Labute approximate surface area is 152 Å². The largest absolute Gasteiger partial charge is 0.480 e. The SMILES string of the molecule is Cc1ccc(CCC(=O)Nc2ccc(C(=O)NCC(=O)O)cc2)c(C)c1. The zero-order chi connectivity index (χ0) is 19.1. The van der Waals surface area contributed by atoms with Crippen LogP contribution in [0.4, 0.5) is 5.69 Å². The first-order valence-corrected chi connectivity index (χ1v) is 8.31. The molecule has 0 atom stereocenters. The van der Waals surface area contributed by atoms with Gasteiger partial charge in [-0.3, -0.25) is 14.4 Å². The van der Waals surface area contributed by atoms with E-state index in [1.165, 1.54) is 23.3 Å². The summed E-state index contributed by atoms with van der Waals surface area (Å²) >= 11 is 0. The number of benzene rings is 2. The molecule has 136 valence electrons. The van der Waals surface area contributed by atoms with E-state index in [0.29, 0.717) is 24.1 Å². The average molecular weight is 354 g/mol. The molecule has 0 aliphatic rings. The van der Waals surface area contributed by atoms with Gasteiger partial charge in [-0.05, 0) is 55.7 Å². The van der Waals surface area contributed by atoms with Gasteiger partial charge in [0.15, 0.2) is 0 Å². The van der Waals surface area contributed by atoms with E-state index in [1.54, 1.807) is 12.1 Å². The summed E-state index contributed by atoms with van der Waals surface area (Å²) in [6.45, 7) is 3.64. The summed E-state index contributed by atoms with van der Waals surface area (Å²) in [5.74, 6) is -1.68. The quantitative estimate of drug-likeness (QED) is 0.712. The molecule has 0 aliphatic carbocycles. The Balaban J connectivity index is 1.87. The van der Waals surface area contributed by atoms with Gasteiger partial charge >= 0.3 is 5.97 Å². The molecule has 0 heterocycles. The second-order valence-electron chi connectivity index (χ2n) is 6.13. The van der Waals surface area contributed by atoms with Gasteiger partial charge in [-0.2, -0.15) is 0 Å². The molecule has 0 saturated heterocycles. The predicted octanol–water partition coefficient (Wildman–Crippen LogP) is 2.69. The van der Waals surface area contributed by atoms with Crippen LogP contribution in [0.15, 0.2) is 42.5 Å². The number of hydrogen-bond acceptors (Lipinski definition) is 3. The van der Waals surface area contributed by atoms with Crippen molar-refractivity contribution in [1.29, 1.82) is 0 Å². The smallest absolute Gasteiger partial charge is 0.322 e. The van der Waals surface area contributed by atoms with Gasteiger partial charge in [0, 0.05) is 17.7 Å². The van der Waals surface area contributed by atoms with Crippen LogP contribution in [0, 0.1) is 13.8 Å². The van der Waals surface area contributed by atoms with Gasteiger partial charge in [0.25, 0.3) is 5.91 Å². The minimum Gasteiger partial charge on any atom is -0.480 e. The number of carboxylic acid groups (broad SMARTS) is 1. The van der Waals surface area contributed by atoms with Crippen LogP contribution in [0.1, 0.15) is 33.5 Å². The van der Waals surface area contributed by atoms with E-state index in [1.807, 2.05) is 26.0 Å². The Bertz CT molecular complexity index is 813. The topological polar surface area (TPSA) is 95.5 Å². The van der Waals surface area contributed by atoms with Crippen LogP contribution in [-0.2, 0) is 16.0 Å². The first-order valence-electron chi connectivity index (χ1n) is 8.31. The maximum Gasteiger partial charge on any atom is 0.322 e. The zero-order valence-corrected chi connectivity index (χ0v) is 14.8. The number of carbonyl (C=O) groups is 3. The molecule has 0 saturated carbocycles. The van der Waals surface area contributed by atoms with Crippen molar-refractivity contribution in [3.05, 3.63) is 64.7 Å². The molecule has 0 bridgehead atoms. The second kappa shape index (κ2) is 8.80. The molecule has 2 amide bonds. The van der Waals surface area contributed by atoms with E-state index in [-0.39, 0.29) is 5.91 Å².